The largest absolute Gasteiger partial charge is 0.492 e. The maximum Gasteiger partial charge on any atom is 0.234 e. The van der Waals surface area contributed by atoms with E-state index in [1.165, 1.54) is 11.3 Å². The molecule has 3 heterocycles. The predicted molar refractivity (Wildman–Crippen MR) is 114 cm³/mol. The van der Waals surface area contributed by atoms with Gasteiger partial charge >= 0.3 is 0 Å². The molecule has 3 aromatic heterocycles. The van der Waals surface area contributed by atoms with E-state index in [-0.39, 0.29) is 5.91 Å². The van der Waals surface area contributed by atoms with Gasteiger partial charge in [0, 0.05) is 11.1 Å². The number of carbonyl (C=O) groups excluding carboxylic acids is 1. The molecule has 0 fully saturated rings. The Hall–Kier alpha value is -2.77. The molecule has 0 atom stereocenters. The average Bonchev–Trinajstić information content (AvgIpc) is 3.37. The lowest BCUT2D eigenvalue weighted by Gasteiger charge is -2.19. The molecule has 7 heteroatoms. The number of hydrogen-bond donors (Lipinski definition) is 0. The number of carbonyl (C=O) groups is 1. The van der Waals surface area contributed by atoms with Crippen LogP contribution < -0.4 is 9.64 Å². The van der Waals surface area contributed by atoms with Crippen LogP contribution in [0, 0.1) is 0 Å². The first-order valence-corrected chi connectivity index (χ1v) is 10.7. The summed E-state index contributed by atoms with van der Waals surface area (Å²) in [5.41, 5.74) is 1.62. The normalized spacial score (nSPS) is 10.9. The number of pyridine rings is 1. The maximum absolute atomic E-state index is 13.1. The maximum atomic E-state index is 13.1. The van der Waals surface area contributed by atoms with E-state index in [4.69, 9.17) is 9.72 Å². The lowest BCUT2D eigenvalue weighted by molar-refractivity contribution is -0.118. The van der Waals surface area contributed by atoms with Gasteiger partial charge in [-0.3, -0.25) is 14.7 Å². The minimum atomic E-state index is 0.00474. The van der Waals surface area contributed by atoms with Crippen LogP contribution in [0.25, 0.3) is 10.2 Å². The van der Waals surface area contributed by atoms with Crippen LogP contribution in [0.15, 0.2) is 60.1 Å². The quantitative estimate of drug-likeness (QED) is 0.434. The third-order valence-corrected chi connectivity index (χ3v) is 6.07. The molecule has 142 valence electrons. The van der Waals surface area contributed by atoms with E-state index in [0.717, 1.165) is 26.5 Å². The van der Waals surface area contributed by atoms with Crippen molar-refractivity contribution >= 4 is 43.9 Å². The Balaban J connectivity index is 1.70. The van der Waals surface area contributed by atoms with Gasteiger partial charge in [-0.15, -0.1) is 11.3 Å². The van der Waals surface area contributed by atoms with Crippen molar-refractivity contribution in [2.45, 2.75) is 19.9 Å². The van der Waals surface area contributed by atoms with Gasteiger partial charge in [-0.05, 0) is 42.6 Å². The van der Waals surface area contributed by atoms with Gasteiger partial charge in [-0.1, -0.05) is 29.5 Å². The molecular weight excluding hydrogens is 390 g/mol. The number of hydrogen-bond acceptors (Lipinski definition) is 6. The molecule has 0 saturated heterocycles. The van der Waals surface area contributed by atoms with Crippen LogP contribution in [0.3, 0.4) is 0 Å². The highest BCUT2D eigenvalue weighted by Gasteiger charge is 2.22. The van der Waals surface area contributed by atoms with Gasteiger partial charge in [0.1, 0.15) is 11.3 Å². The number of benzene rings is 1. The van der Waals surface area contributed by atoms with Crippen molar-refractivity contribution in [1.82, 2.24) is 9.97 Å². The van der Waals surface area contributed by atoms with Crippen molar-refractivity contribution in [1.29, 1.82) is 0 Å². The number of nitrogens with zero attached hydrogens (tertiary/aromatic N) is 3. The van der Waals surface area contributed by atoms with Gasteiger partial charge in [-0.2, -0.15) is 0 Å². The minimum Gasteiger partial charge on any atom is -0.492 e. The monoisotopic (exact) mass is 409 g/mol. The van der Waals surface area contributed by atoms with Gasteiger partial charge < -0.3 is 4.74 Å². The van der Waals surface area contributed by atoms with E-state index in [9.17, 15) is 4.79 Å². The molecule has 0 spiro atoms. The lowest BCUT2D eigenvalue weighted by Crippen LogP contribution is -2.31. The minimum absolute atomic E-state index is 0.00474. The molecule has 1 aromatic carbocycles. The van der Waals surface area contributed by atoms with Crippen LogP contribution in [0.2, 0.25) is 0 Å². The number of thiazole rings is 1. The summed E-state index contributed by atoms with van der Waals surface area (Å²) in [4.78, 5) is 25.0. The van der Waals surface area contributed by atoms with Gasteiger partial charge in [0.25, 0.3) is 0 Å². The van der Waals surface area contributed by atoms with Crippen molar-refractivity contribution < 1.29 is 9.53 Å². The zero-order valence-electron chi connectivity index (χ0n) is 15.4. The molecule has 0 aliphatic rings. The smallest absolute Gasteiger partial charge is 0.234 e. The first kappa shape index (κ1) is 18.6. The number of thiophene rings is 1. The topological polar surface area (TPSA) is 55.3 Å². The van der Waals surface area contributed by atoms with Gasteiger partial charge in [-0.25, -0.2) is 4.98 Å². The van der Waals surface area contributed by atoms with Crippen molar-refractivity contribution in [3.8, 4) is 5.75 Å². The van der Waals surface area contributed by atoms with Crippen LogP contribution in [0.1, 0.15) is 17.5 Å². The summed E-state index contributed by atoms with van der Waals surface area (Å²) < 4.78 is 6.70. The molecule has 1 amide bonds. The van der Waals surface area contributed by atoms with Crippen molar-refractivity contribution in [3.05, 3.63) is 70.7 Å². The number of para-hydroxylation sites is 1. The van der Waals surface area contributed by atoms with Crippen LogP contribution >= 0.6 is 22.7 Å². The standard InChI is InChI=1S/C21H19N3O2S2/c1-2-26-17-9-5-10-18-20(17)23-21(28-18)24(14-15-7-3-4-11-22-15)19(25)13-16-8-6-12-27-16/h3-12H,2,13-14H2,1H3. The fraction of sp³-hybridized carbons (Fsp3) is 0.190. The highest BCUT2D eigenvalue weighted by Crippen LogP contribution is 2.35. The van der Waals surface area contributed by atoms with Gasteiger partial charge in [0.05, 0.1) is 30.0 Å². The number of amides is 1. The fourth-order valence-electron chi connectivity index (χ4n) is 2.87. The molecule has 0 aliphatic heterocycles. The van der Waals surface area contributed by atoms with Crippen molar-refractivity contribution in [2.24, 2.45) is 0 Å². The first-order chi connectivity index (χ1) is 13.7. The Kier molecular flexibility index (Phi) is 5.64. The second-order valence-corrected chi connectivity index (χ2v) is 8.13. The summed E-state index contributed by atoms with van der Waals surface area (Å²) in [7, 11) is 0. The molecular formula is C21H19N3O2S2. The molecule has 0 unspecified atom stereocenters. The molecule has 0 N–H and O–H groups in total. The zero-order valence-corrected chi connectivity index (χ0v) is 17.0. The number of aromatic nitrogens is 2. The number of rotatable bonds is 7. The number of anilines is 1. The average molecular weight is 410 g/mol. The summed E-state index contributed by atoms with van der Waals surface area (Å²) >= 11 is 3.08. The molecule has 4 rings (SSSR count). The van der Waals surface area contributed by atoms with E-state index in [0.29, 0.717) is 24.7 Å². The first-order valence-electron chi connectivity index (χ1n) is 8.99. The molecule has 5 nitrogen and oxygen atoms in total. The van der Waals surface area contributed by atoms with E-state index in [2.05, 4.69) is 4.98 Å². The highest BCUT2D eigenvalue weighted by molar-refractivity contribution is 7.22. The Morgan fingerprint density at radius 2 is 2.07 bits per heavy atom. The van der Waals surface area contributed by atoms with Crippen LogP contribution in [0.5, 0.6) is 5.75 Å². The number of fused-ring (bicyclic) bond motifs is 1. The SMILES string of the molecule is CCOc1cccc2sc(N(Cc3ccccn3)C(=O)Cc3cccs3)nc12. The van der Waals surface area contributed by atoms with Gasteiger partial charge in [0.2, 0.25) is 5.91 Å². The summed E-state index contributed by atoms with van der Waals surface area (Å²) in [6.07, 6.45) is 2.08. The summed E-state index contributed by atoms with van der Waals surface area (Å²) in [5.74, 6) is 0.746. The van der Waals surface area contributed by atoms with Crippen LogP contribution in [-0.2, 0) is 17.8 Å². The zero-order chi connectivity index (χ0) is 19.3. The van der Waals surface area contributed by atoms with Gasteiger partial charge in [0.15, 0.2) is 5.13 Å². The molecule has 0 aliphatic carbocycles. The fourth-order valence-corrected chi connectivity index (χ4v) is 4.57. The number of ether oxygens (including phenoxy) is 1. The van der Waals surface area contributed by atoms with E-state index in [1.54, 1.807) is 22.4 Å². The van der Waals surface area contributed by atoms with Crippen LogP contribution in [0.4, 0.5) is 5.13 Å². The summed E-state index contributed by atoms with van der Waals surface area (Å²) in [6.45, 7) is 2.90. The predicted octanol–water partition coefficient (Wildman–Crippen LogP) is 4.93. The van der Waals surface area contributed by atoms with Crippen LogP contribution in [-0.4, -0.2) is 22.5 Å². The third-order valence-electron chi connectivity index (χ3n) is 4.15. The molecule has 4 aromatic rings. The Bertz CT molecular complexity index is 1060. The Labute approximate surface area is 171 Å². The second-order valence-electron chi connectivity index (χ2n) is 6.09. The van der Waals surface area contributed by atoms with E-state index in [1.807, 2.05) is 60.8 Å². The Morgan fingerprint density at radius 3 is 2.82 bits per heavy atom. The lowest BCUT2D eigenvalue weighted by atomic mass is 10.3. The summed E-state index contributed by atoms with van der Waals surface area (Å²) in [5, 5.41) is 2.65. The van der Waals surface area contributed by atoms with E-state index >= 15 is 0 Å². The third kappa shape index (κ3) is 4.05. The molecule has 0 saturated carbocycles. The Morgan fingerprint density at radius 1 is 1.14 bits per heavy atom. The van der Waals surface area contributed by atoms with Crippen molar-refractivity contribution in [2.75, 3.05) is 11.5 Å². The highest BCUT2D eigenvalue weighted by atomic mass is 32.1. The molecule has 28 heavy (non-hydrogen) atoms. The van der Waals surface area contributed by atoms with E-state index < -0.39 is 0 Å². The second kappa shape index (κ2) is 8.50. The molecule has 0 radical (unpaired) electrons. The summed E-state index contributed by atoms with van der Waals surface area (Å²) in [6, 6.07) is 15.5. The van der Waals surface area contributed by atoms with Crippen molar-refractivity contribution in [3.63, 3.8) is 0 Å². The molecule has 0 bridgehead atoms.